The summed E-state index contributed by atoms with van der Waals surface area (Å²) in [7, 11) is 0. The van der Waals surface area contributed by atoms with E-state index in [1.165, 1.54) is 186 Å². The van der Waals surface area contributed by atoms with E-state index in [-0.39, 0.29) is 31.1 Å². The van der Waals surface area contributed by atoms with Gasteiger partial charge in [0.1, 0.15) is 13.2 Å². The van der Waals surface area contributed by atoms with E-state index >= 15 is 0 Å². The SMILES string of the molecule is CC/C=C\C/C=C\C/C=C\C/C=C\C/C=C\CCCCCCCCCCCCCCCC(=O)OCC(COC(=O)CCCCCCC/C=C\CCCCC)OC(=O)CCCCCCCCC/C=C\CCCCCCCC. The second-order valence-electron chi connectivity index (χ2n) is 21.6. The first-order valence-corrected chi connectivity index (χ1v) is 32.6. The third-order valence-electron chi connectivity index (χ3n) is 14.1. The van der Waals surface area contributed by atoms with Gasteiger partial charge in [-0.05, 0) is 116 Å². The molecule has 1 atom stereocenters. The molecule has 438 valence electrons. The molecule has 0 N–H and O–H groups in total. The number of esters is 3. The minimum absolute atomic E-state index is 0.0791. The van der Waals surface area contributed by atoms with Crippen molar-refractivity contribution in [2.75, 3.05) is 13.2 Å². The molecule has 0 aromatic heterocycles. The molecule has 0 amide bonds. The van der Waals surface area contributed by atoms with E-state index < -0.39 is 6.10 Å². The fourth-order valence-electron chi connectivity index (χ4n) is 9.23. The Morgan fingerprint density at radius 3 is 0.842 bits per heavy atom. The molecule has 0 aliphatic carbocycles. The molecule has 0 fully saturated rings. The number of hydrogen-bond donors (Lipinski definition) is 0. The third-order valence-corrected chi connectivity index (χ3v) is 14.1. The van der Waals surface area contributed by atoms with Crippen LogP contribution in [-0.4, -0.2) is 37.2 Å². The summed E-state index contributed by atoms with van der Waals surface area (Å²) in [4.78, 5) is 38.3. The predicted octanol–water partition coefficient (Wildman–Crippen LogP) is 22.3. The molecule has 0 bridgehead atoms. The maximum absolute atomic E-state index is 12.9. The van der Waals surface area contributed by atoms with Crippen molar-refractivity contribution < 1.29 is 28.6 Å². The average molecular weight is 1060 g/mol. The zero-order valence-corrected chi connectivity index (χ0v) is 50.3. The molecule has 0 aliphatic heterocycles. The van der Waals surface area contributed by atoms with Gasteiger partial charge in [-0.2, -0.15) is 0 Å². The van der Waals surface area contributed by atoms with Crippen LogP contribution in [0.15, 0.2) is 85.1 Å². The van der Waals surface area contributed by atoms with Crippen LogP contribution >= 0.6 is 0 Å². The highest BCUT2D eigenvalue weighted by Gasteiger charge is 2.19. The van der Waals surface area contributed by atoms with Crippen molar-refractivity contribution in [3.63, 3.8) is 0 Å². The fourth-order valence-corrected chi connectivity index (χ4v) is 9.23. The molecule has 0 aromatic rings. The Balaban J connectivity index is 4.23. The van der Waals surface area contributed by atoms with E-state index in [0.29, 0.717) is 19.3 Å². The summed E-state index contributed by atoms with van der Waals surface area (Å²) in [5.74, 6) is -0.881. The van der Waals surface area contributed by atoms with Crippen molar-refractivity contribution >= 4 is 17.9 Å². The molecule has 0 radical (unpaired) electrons. The van der Waals surface area contributed by atoms with Crippen molar-refractivity contribution in [2.24, 2.45) is 0 Å². The molecule has 0 spiro atoms. The van der Waals surface area contributed by atoms with Gasteiger partial charge in [0.25, 0.3) is 0 Å². The highest BCUT2D eigenvalue weighted by Crippen LogP contribution is 2.16. The van der Waals surface area contributed by atoms with Gasteiger partial charge in [-0.15, -0.1) is 0 Å². The summed E-state index contributed by atoms with van der Waals surface area (Å²) in [6, 6.07) is 0. The van der Waals surface area contributed by atoms with E-state index in [1.807, 2.05) is 0 Å². The standard InChI is InChI=1S/C70H122O6/c1-4-7-10-13-16-19-22-25-27-29-30-31-32-33-34-35-36-37-38-39-40-42-43-45-48-51-54-57-60-63-69(72)75-66-67(65-74-68(71)62-59-56-53-50-47-24-21-18-15-12-9-6-3)76-70(73)64-61-58-55-52-49-46-44-41-28-26-23-20-17-14-11-8-5-2/h7,10,16,18-19,21,25-28,30-31,33-34,67H,4-6,8-9,11-15,17,20,22-24,29,32,35-66H2,1-3H3/b10-7-,19-16-,21-18-,27-25-,28-26-,31-30-,34-33-. The van der Waals surface area contributed by atoms with Crippen LogP contribution in [0, 0.1) is 0 Å². The smallest absolute Gasteiger partial charge is 0.306 e. The molecule has 0 heterocycles. The summed E-state index contributed by atoms with van der Waals surface area (Å²) >= 11 is 0. The molecule has 1 unspecified atom stereocenters. The van der Waals surface area contributed by atoms with Crippen LogP contribution < -0.4 is 0 Å². The van der Waals surface area contributed by atoms with Crippen molar-refractivity contribution in [3.05, 3.63) is 85.1 Å². The Bertz CT molecular complexity index is 1450. The predicted molar refractivity (Wildman–Crippen MR) is 330 cm³/mol. The second-order valence-corrected chi connectivity index (χ2v) is 21.6. The quantitative estimate of drug-likeness (QED) is 0.0261. The van der Waals surface area contributed by atoms with Gasteiger partial charge in [-0.1, -0.05) is 273 Å². The summed E-state index contributed by atoms with van der Waals surface area (Å²) in [5, 5.41) is 0. The van der Waals surface area contributed by atoms with Crippen LogP contribution in [0.3, 0.4) is 0 Å². The first-order valence-electron chi connectivity index (χ1n) is 32.6. The minimum atomic E-state index is -0.782. The lowest BCUT2D eigenvalue weighted by atomic mass is 10.0. The Morgan fingerprint density at radius 1 is 0.276 bits per heavy atom. The number of rotatable bonds is 59. The van der Waals surface area contributed by atoms with Crippen molar-refractivity contribution in [1.29, 1.82) is 0 Å². The van der Waals surface area contributed by atoms with Crippen molar-refractivity contribution in [2.45, 2.75) is 329 Å². The van der Waals surface area contributed by atoms with Crippen LogP contribution in [0.4, 0.5) is 0 Å². The average Bonchev–Trinajstić information content (AvgIpc) is 3.42. The van der Waals surface area contributed by atoms with E-state index in [4.69, 9.17) is 14.2 Å². The van der Waals surface area contributed by atoms with E-state index in [2.05, 4.69) is 106 Å². The molecule has 0 aliphatic rings. The van der Waals surface area contributed by atoms with Crippen LogP contribution in [0.5, 0.6) is 0 Å². The second kappa shape index (κ2) is 64.1. The molecule has 0 saturated heterocycles. The molecule has 0 saturated carbocycles. The number of ether oxygens (including phenoxy) is 3. The summed E-state index contributed by atoms with van der Waals surface area (Å²) in [6.45, 7) is 6.52. The fraction of sp³-hybridized carbons (Fsp3) is 0.757. The molecule has 0 aromatic carbocycles. The van der Waals surface area contributed by atoms with Crippen molar-refractivity contribution in [1.82, 2.24) is 0 Å². The Morgan fingerprint density at radius 2 is 0.513 bits per heavy atom. The molecule has 0 rings (SSSR count). The van der Waals surface area contributed by atoms with Crippen LogP contribution in [0.1, 0.15) is 323 Å². The lowest BCUT2D eigenvalue weighted by Gasteiger charge is -2.18. The highest BCUT2D eigenvalue weighted by atomic mass is 16.6. The zero-order chi connectivity index (χ0) is 55.0. The number of unbranched alkanes of at least 4 members (excludes halogenated alkanes) is 34. The molecule has 6 nitrogen and oxygen atoms in total. The summed E-state index contributed by atoms with van der Waals surface area (Å²) in [5.41, 5.74) is 0. The molecule has 76 heavy (non-hydrogen) atoms. The first-order chi connectivity index (χ1) is 37.5. The van der Waals surface area contributed by atoms with Gasteiger partial charge in [0.05, 0.1) is 0 Å². The number of carbonyl (C=O) groups is 3. The van der Waals surface area contributed by atoms with Crippen LogP contribution in [0.2, 0.25) is 0 Å². The Hall–Kier alpha value is -3.41. The van der Waals surface area contributed by atoms with Gasteiger partial charge >= 0.3 is 17.9 Å². The zero-order valence-electron chi connectivity index (χ0n) is 50.3. The largest absolute Gasteiger partial charge is 0.462 e. The highest BCUT2D eigenvalue weighted by molar-refractivity contribution is 5.71. The van der Waals surface area contributed by atoms with Gasteiger partial charge in [0, 0.05) is 19.3 Å². The van der Waals surface area contributed by atoms with E-state index in [0.717, 1.165) is 96.3 Å². The lowest BCUT2D eigenvalue weighted by Crippen LogP contribution is -2.30. The van der Waals surface area contributed by atoms with Gasteiger partial charge in [0.2, 0.25) is 0 Å². The number of carbonyl (C=O) groups excluding carboxylic acids is 3. The summed E-state index contributed by atoms with van der Waals surface area (Å²) < 4.78 is 16.9. The maximum Gasteiger partial charge on any atom is 0.306 e. The van der Waals surface area contributed by atoms with E-state index in [1.54, 1.807) is 0 Å². The number of hydrogen-bond acceptors (Lipinski definition) is 6. The summed E-state index contributed by atoms with van der Waals surface area (Å²) in [6.07, 6.45) is 84.5. The topological polar surface area (TPSA) is 78.9 Å². The van der Waals surface area contributed by atoms with Crippen LogP contribution in [-0.2, 0) is 28.6 Å². The van der Waals surface area contributed by atoms with Gasteiger partial charge in [-0.25, -0.2) is 0 Å². The third kappa shape index (κ3) is 61.4. The maximum atomic E-state index is 12.9. The Kier molecular flexibility index (Phi) is 61.2. The lowest BCUT2D eigenvalue weighted by molar-refractivity contribution is -0.167. The normalized spacial score (nSPS) is 12.6. The van der Waals surface area contributed by atoms with E-state index in [9.17, 15) is 14.4 Å². The van der Waals surface area contributed by atoms with Crippen LogP contribution in [0.25, 0.3) is 0 Å². The van der Waals surface area contributed by atoms with Crippen molar-refractivity contribution in [3.8, 4) is 0 Å². The molecular weight excluding hydrogens is 937 g/mol. The van der Waals surface area contributed by atoms with Gasteiger partial charge in [0.15, 0.2) is 6.10 Å². The number of allylic oxidation sites excluding steroid dienone is 14. The minimum Gasteiger partial charge on any atom is -0.462 e. The molecule has 6 heteroatoms. The molecular formula is C70H122O6. The first kappa shape index (κ1) is 72.6. The Labute approximate surface area is 471 Å². The van der Waals surface area contributed by atoms with Gasteiger partial charge < -0.3 is 14.2 Å². The van der Waals surface area contributed by atoms with Gasteiger partial charge in [-0.3, -0.25) is 14.4 Å². The monoisotopic (exact) mass is 1060 g/mol.